The van der Waals surface area contributed by atoms with Gasteiger partial charge in [-0.05, 0) is 36.8 Å². The highest BCUT2D eigenvalue weighted by atomic mass is 19.4. The molecule has 1 aromatic heterocycles. The Morgan fingerprint density at radius 3 is 2.06 bits per heavy atom. The minimum atomic E-state index is -4.46. The van der Waals surface area contributed by atoms with Gasteiger partial charge in [-0.25, -0.2) is 4.68 Å². The van der Waals surface area contributed by atoms with Gasteiger partial charge >= 0.3 is 6.18 Å². The fourth-order valence-electron chi connectivity index (χ4n) is 3.29. The summed E-state index contributed by atoms with van der Waals surface area (Å²) in [5.41, 5.74) is -0.750. The number of aryl methyl sites for hydroxylation is 1. The lowest BCUT2D eigenvalue weighted by Crippen LogP contribution is -2.51. The number of amides is 2. The second-order valence-electron chi connectivity index (χ2n) is 7.29. The van der Waals surface area contributed by atoms with Crippen molar-refractivity contribution < 1.29 is 22.8 Å². The Hall–Kier alpha value is -3.17. The SMILES string of the molecule is CCCCn1nc(C(=O)N2CCN(C(=O)c3ccc(C(F)(F)F)cc3)CC2)ccc1=O. The molecule has 1 saturated heterocycles. The van der Waals surface area contributed by atoms with Crippen molar-refractivity contribution in [1.29, 1.82) is 0 Å². The van der Waals surface area contributed by atoms with Crippen molar-refractivity contribution in [3.63, 3.8) is 0 Å². The molecule has 166 valence electrons. The molecule has 7 nitrogen and oxygen atoms in total. The van der Waals surface area contributed by atoms with E-state index in [1.54, 1.807) is 4.90 Å². The number of halogens is 3. The Bertz CT molecular complexity index is 994. The Balaban J connectivity index is 1.62. The van der Waals surface area contributed by atoms with Crippen LogP contribution in [0.4, 0.5) is 13.2 Å². The monoisotopic (exact) mass is 436 g/mol. The maximum absolute atomic E-state index is 12.8. The van der Waals surface area contributed by atoms with Crippen LogP contribution in [0.1, 0.15) is 46.2 Å². The van der Waals surface area contributed by atoms with Crippen molar-refractivity contribution in [2.75, 3.05) is 26.2 Å². The van der Waals surface area contributed by atoms with E-state index in [-0.39, 0.29) is 54.8 Å². The average Bonchev–Trinajstić information content (AvgIpc) is 2.77. The number of carbonyl (C=O) groups excluding carboxylic acids is 2. The molecule has 1 fully saturated rings. The summed E-state index contributed by atoms with van der Waals surface area (Å²) in [7, 11) is 0. The molecule has 2 heterocycles. The summed E-state index contributed by atoms with van der Waals surface area (Å²) in [6, 6.07) is 6.80. The van der Waals surface area contributed by atoms with Crippen LogP contribution in [0, 0.1) is 0 Å². The van der Waals surface area contributed by atoms with E-state index < -0.39 is 11.7 Å². The van der Waals surface area contributed by atoms with Gasteiger partial charge < -0.3 is 9.80 Å². The van der Waals surface area contributed by atoms with Crippen LogP contribution in [0.5, 0.6) is 0 Å². The Kier molecular flexibility index (Phi) is 6.77. The van der Waals surface area contributed by atoms with E-state index in [1.807, 2.05) is 6.92 Å². The first-order chi connectivity index (χ1) is 14.7. The minimum Gasteiger partial charge on any atom is -0.335 e. The van der Waals surface area contributed by atoms with Gasteiger partial charge in [-0.15, -0.1) is 0 Å². The third-order valence-electron chi connectivity index (χ3n) is 5.12. The van der Waals surface area contributed by atoms with Crippen LogP contribution in [0.25, 0.3) is 0 Å². The zero-order valence-corrected chi connectivity index (χ0v) is 17.1. The van der Waals surface area contributed by atoms with Gasteiger partial charge in [0.2, 0.25) is 0 Å². The molecule has 1 aliphatic rings. The van der Waals surface area contributed by atoms with Crippen LogP contribution < -0.4 is 5.56 Å². The fourth-order valence-corrected chi connectivity index (χ4v) is 3.29. The molecule has 31 heavy (non-hydrogen) atoms. The molecule has 0 aliphatic carbocycles. The number of aromatic nitrogens is 2. The molecular weight excluding hydrogens is 413 g/mol. The summed E-state index contributed by atoms with van der Waals surface area (Å²) in [6.07, 6.45) is -2.79. The average molecular weight is 436 g/mol. The summed E-state index contributed by atoms with van der Waals surface area (Å²) in [6.45, 7) is 3.46. The highest BCUT2D eigenvalue weighted by molar-refractivity contribution is 5.95. The summed E-state index contributed by atoms with van der Waals surface area (Å²) in [5.74, 6) is -0.709. The predicted molar refractivity (Wildman–Crippen MR) is 107 cm³/mol. The molecular formula is C21H23F3N4O3. The number of unbranched alkanes of at least 4 members (excludes halogenated alkanes) is 1. The molecule has 0 saturated carbocycles. The van der Waals surface area contributed by atoms with Gasteiger partial charge in [-0.2, -0.15) is 18.3 Å². The van der Waals surface area contributed by atoms with Crippen molar-refractivity contribution >= 4 is 11.8 Å². The fraction of sp³-hybridized carbons (Fsp3) is 0.429. The van der Waals surface area contributed by atoms with Gasteiger partial charge in [0.25, 0.3) is 17.4 Å². The van der Waals surface area contributed by atoms with Gasteiger partial charge in [0.1, 0.15) is 5.69 Å². The summed E-state index contributed by atoms with van der Waals surface area (Å²) in [4.78, 5) is 40.3. The summed E-state index contributed by atoms with van der Waals surface area (Å²) in [5, 5.41) is 4.16. The lowest BCUT2D eigenvalue weighted by atomic mass is 10.1. The number of alkyl halides is 3. The van der Waals surface area contributed by atoms with Gasteiger partial charge in [0, 0.05) is 44.4 Å². The number of rotatable bonds is 5. The highest BCUT2D eigenvalue weighted by Crippen LogP contribution is 2.29. The normalized spacial score (nSPS) is 14.6. The van der Waals surface area contributed by atoms with Crippen molar-refractivity contribution in [3.8, 4) is 0 Å². The van der Waals surface area contributed by atoms with E-state index >= 15 is 0 Å². The lowest BCUT2D eigenvalue weighted by molar-refractivity contribution is -0.137. The third-order valence-corrected chi connectivity index (χ3v) is 5.12. The Labute approximate surface area is 177 Å². The van der Waals surface area contributed by atoms with E-state index in [0.29, 0.717) is 6.54 Å². The van der Waals surface area contributed by atoms with Gasteiger partial charge in [-0.1, -0.05) is 13.3 Å². The van der Waals surface area contributed by atoms with E-state index in [4.69, 9.17) is 0 Å². The number of carbonyl (C=O) groups is 2. The van der Waals surface area contributed by atoms with Crippen molar-refractivity contribution in [3.05, 3.63) is 63.6 Å². The molecule has 3 rings (SSSR count). The molecule has 0 N–H and O–H groups in total. The standard InChI is InChI=1S/C21H23F3N4O3/c1-2-3-10-28-18(29)9-8-17(25-28)20(31)27-13-11-26(12-14-27)19(30)15-4-6-16(7-5-15)21(22,23)24/h4-9H,2-3,10-14H2,1H3. The van der Waals surface area contributed by atoms with E-state index in [2.05, 4.69) is 5.10 Å². The second kappa shape index (κ2) is 9.32. The van der Waals surface area contributed by atoms with Crippen molar-refractivity contribution in [1.82, 2.24) is 19.6 Å². The quantitative estimate of drug-likeness (QED) is 0.722. The first kappa shape index (κ1) is 22.5. The first-order valence-electron chi connectivity index (χ1n) is 10.0. The lowest BCUT2D eigenvalue weighted by Gasteiger charge is -2.34. The van der Waals surface area contributed by atoms with Gasteiger partial charge in [0.15, 0.2) is 0 Å². The number of hydrogen-bond donors (Lipinski definition) is 0. The third kappa shape index (κ3) is 5.31. The van der Waals surface area contributed by atoms with Crippen LogP contribution >= 0.6 is 0 Å². The van der Waals surface area contributed by atoms with Crippen molar-refractivity contribution in [2.24, 2.45) is 0 Å². The molecule has 0 radical (unpaired) electrons. The van der Waals surface area contributed by atoms with Gasteiger partial charge in [0.05, 0.1) is 5.56 Å². The molecule has 0 unspecified atom stereocenters. The molecule has 0 spiro atoms. The molecule has 1 aliphatic heterocycles. The van der Waals surface area contributed by atoms with E-state index in [9.17, 15) is 27.6 Å². The highest BCUT2D eigenvalue weighted by Gasteiger charge is 2.31. The number of piperazine rings is 1. The first-order valence-corrected chi connectivity index (χ1v) is 10.0. The maximum Gasteiger partial charge on any atom is 0.416 e. The van der Waals surface area contributed by atoms with Crippen LogP contribution in [0.2, 0.25) is 0 Å². The summed E-state index contributed by atoms with van der Waals surface area (Å²) < 4.78 is 39.3. The largest absolute Gasteiger partial charge is 0.416 e. The smallest absolute Gasteiger partial charge is 0.335 e. The zero-order chi connectivity index (χ0) is 22.6. The number of nitrogens with zero attached hydrogens (tertiary/aromatic N) is 4. The van der Waals surface area contributed by atoms with Crippen LogP contribution in [-0.2, 0) is 12.7 Å². The van der Waals surface area contributed by atoms with Gasteiger partial charge in [-0.3, -0.25) is 14.4 Å². The minimum absolute atomic E-state index is 0.164. The van der Waals surface area contributed by atoms with Crippen molar-refractivity contribution in [2.45, 2.75) is 32.5 Å². The molecule has 10 heteroatoms. The van der Waals surface area contributed by atoms with E-state index in [0.717, 1.165) is 37.1 Å². The van der Waals surface area contributed by atoms with E-state index in [1.165, 1.54) is 21.7 Å². The molecule has 2 aromatic rings. The molecule has 2 amide bonds. The summed E-state index contributed by atoms with van der Waals surface area (Å²) >= 11 is 0. The van der Waals surface area contributed by atoms with Crippen LogP contribution in [0.15, 0.2) is 41.2 Å². The Morgan fingerprint density at radius 2 is 1.52 bits per heavy atom. The van der Waals surface area contributed by atoms with Crippen LogP contribution in [0.3, 0.4) is 0 Å². The Morgan fingerprint density at radius 1 is 0.935 bits per heavy atom. The molecule has 0 bridgehead atoms. The maximum atomic E-state index is 12.8. The van der Waals surface area contributed by atoms with Crippen LogP contribution in [-0.4, -0.2) is 57.6 Å². The molecule has 0 atom stereocenters. The molecule has 1 aromatic carbocycles. The number of hydrogen-bond acceptors (Lipinski definition) is 4. The predicted octanol–water partition coefficient (Wildman–Crippen LogP) is 2.66. The topological polar surface area (TPSA) is 75.5 Å². The second-order valence-corrected chi connectivity index (χ2v) is 7.29. The zero-order valence-electron chi connectivity index (χ0n) is 17.1. The number of benzene rings is 1.